The molecule has 1 saturated carbocycles. The van der Waals surface area contributed by atoms with E-state index in [1.54, 1.807) is 13.0 Å². The maximum absolute atomic E-state index is 15.4. The van der Waals surface area contributed by atoms with Gasteiger partial charge in [0.25, 0.3) is 5.56 Å². The van der Waals surface area contributed by atoms with Crippen LogP contribution in [-0.4, -0.2) is 34.6 Å². The molecule has 0 unspecified atom stereocenters. The predicted octanol–water partition coefficient (Wildman–Crippen LogP) is 4.05. The summed E-state index contributed by atoms with van der Waals surface area (Å²) in [6.07, 6.45) is 8.27. The quantitative estimate of drug-likeness (QED) is 0.581. The van der Waals surface area contributed by atoms with E-state index in [0.717, 1.165) is 42.5 Å². The number of hydrogen-bond donors (Lipinski definition) is 0. The summed E-state index contributed by atoms with van der Waals surface area (Å²) in [6.45, 7) is 5.23. The minimum atomic E-state index is -0.653. The Hall–Kier alpha value is -3.09. The lowest BCUT2D eigenvalue weighted by Gasteiger charge is -2.24. The van der Waals surface area contributed by atoms with E-state index in [2.05, 4.69) is 9.47 Å². The van der Waals surface area contributed by atoms with Crippen molar-refractivity contribution in [2.75, 3.05) is 24.6 Å². The number of carbonyl (C=O) groups excluding carboxylic acids is 1. The lowest BCUT2D eigenvalue weighted by molar-refractivity contribution is 0.0524. The Morgan fingerprint density at radius 2 is 1.97 bits per heavy atom. The van der Waals surface area contributed by atoms with E-state index in [4.69, 9.17) is 4.74 Å². The van der Waals surface area contributed by atoms with Crippen molar-refractivity contribution < 1.29 is 13.9 Å². The highest BCUT2D eigenvalue weighted by atomic mass is 19.1. The van der Waals surface area contributed by atoms with Crippen molar-refractivity contribution in [2.24, 2.45) is 0 Å². The van der Waals surface area contributed by atoms with Crippen LogP contribution in [0.4, 0.5) is 10.1 Å². The molecule has 0 amide bonds. The zero-order valence-corrected chi connectivity index (χ0v) is 17.8. The van der Waals surface area contributed by atoms with Crippen LogP contribution in [0, 0.1) is 12.7 Å². The number of nitrogens with zero attached hydrogens (tertiary/aromatic N) is 3. The second kappa shape index (κ2) is 7.55. The number of aryl methyl sites for hydroxylation is 1. The first kappa shape index (κ1) is 19.8. The zero-order chi connectivity index (χ0) is 21.7. The first-order valence-electron chi connectivity index (χ1n) is 10.9. The Balaban J connectivity index is 1.64. The van der Waals surface area contributed by atoms with E-state index >= 15 is 4.39 Å². The van der Waals surface area contributed by atoms with Gasteiger partial charge in [0, 0.05) is 25.5 Å². The van der Waals surface area contributed by atoms with Crippen molar-refractivity contribution in [2.45, 2.75) is 45.1 Å². The summed E-state index contributed by atoms with van der Waals surface area (Å²) < 4.78 is 23.9. The van der Waals surface area contributed by atoms with Crippen molar-refractivity contribution in [1.29, 1.82) is 0 Å². The Kier molecular flexibility index (Phi) is 4.84. The normalized spacial score (nSPS) is 18.7. The molecule has 7 heteroatoms. The van der Waals surface area contributed by atoms with Gasteiger partial charge in [-0.25, -0.2) is 9.18 Å². The molecule has 31 heavy (non-hydrogen) atoms. The van der Waals surface area contributed by atoms with Gasteiger partial charge in [0.1, 0.15) is 5.56 Å². The largest absolute Gasteiger partial charge is 0.462 e. The van der Waals surface area contributed by atoms with Crippen molar-refractivity contribution in [1.82, 2.24) is 8.97 Å². The molecular formula is C24H26FN3O3. The number of carbonyl (C=O) groups is 1. The number of esters is 1. The summed E-state index contributed by atoms with van der Waals surface area (Å²) >= 11 is 0. The molecule has 4 heterocycles. The van der Waals surface area contributed by atoms with Crippen LogP contribution in [0.5, 0.6) is 0 Å². The van der Waals surface area contributed by atoms with Gasteiger partial charge in [-0.15, -0.1) is 0 Å². The molecule has 0 N–H and O–H groups in total. The van der Waals surface area contributed by atoms with Crippen LogP contribution < -0.4 is 10.5 Å². The van der Waals surface area contributed by atoms with Crippen LogP contribution in [-0.2, 0) is 4.74 Å². The first-order valence-corrected chi connectivity index (χ1v) is 10.9. The Morgan fingerprint density at radius 1 is 1.23 bits per heavy atom. The van der Waals surface area contributed by atoms with Gasteiger partial charge in [0.05, 0.1) is 30.0 Å². The molecule has 0 spiro atoms. The second-order valence-corrected chi connectivity index (χ2v) is 8.50. The van der Waals surface area contributed by atoms with Crippen LogP contribution in [0.25, 0.3) is 5.52 Å². The fourth-order valence-corrected chi connectivity index (χ4v) is 4.87. The molecule has 5 rings (SSSR count). The molecule has 1 aliphatic heterocycles. The third-order valence-corrected chi connectivity index (χ3v) is 6.48. The van der Waals surface area contributed by atoms with E-state index in [9.17, 15) is 9.59 Å². The lowest BCUT2D eigenvalue weighted by atomic mass is 10.0. The maximum atomic E-state index is 15.4. The summed E-state index contributed by atoms with van der Waals surface area (Å²) in [5.41, 5.74) is 2.41. The SMILES string of the molecule is CCOC(=O)c1cc(C2CC2)c2c(C)c(N3CC[C@H](n4cccc4)C3)c(F)cn2c1=O. The number of pyridine rings is 2. The molecule has 162 valence electrons. The van der Waals surface area contributed by atoms with E-state index in [1.807, 2.05) is 31.5 Å². The fraction of sp³-hybridized carbons (Fsp3) is 0.417. The molecule has 0 aromatic carbocycles. The first-order chi connectivity index (χ1) is 15.0. The maximum Gasteiger partial charge on any atom is 0.343 e. The van der Waals surface area contributed by atoms with Crippen LogP contribution in [0.15, 0.2) is 41.6 Å². The second-order valence-electron chi connectivity index (χ2n) is 8.50. The van der Waals surface area contributed by atoms with Gasteiger partial charge < -0.3 is 14.2 Å². The fourth-order valence-electron chi connectivity index (χ4n) is 4.87. The number of anilines is 1. The monoisotopic (exact) mass is 423 g/mol. The van der Waals surface area contributed by atoms with Crippen molar-refractivity contribution in [3.8, 4) is 0 Å². The summed E-state index contributed by atoms with van der Waals surface area (Å²) in [7, 11) is 0. The standard InChI is InChI=1S/C24H26FN3O3/c1-3-31-24(30)19-12-18(16-6-7-16)21-15(2)22(20(25)14-28(21)23(19)29)27-11-8-17(13-27)26-9-4-5-10-26/h4-5,9-10,12,14,16-17H,3,6-8,11,13H2,1-2H3/t17-/m0/s1. The van der Waals surface area contributed by atoms with Crippen LogP contribution in [0.1, 0.15) is 59.6 Å². The van der Waals surface area contributed by atoms with Gasteiger partial charge in [-0.05, 0) is 68.4 Å². The average molecular weight is 423 g/mol. The average Bonchev–Trinajstić information content (AvgIpc) is 3.22. The van der Waals surface area contributed by atoms with Gasteiger partial charge in [-0.1, -0.05) is 0 Å². The molecule has 0 radical (unpaired) electrons. The van der Waals surface area contributed by atoms with Crippen LogP contribution in [0.2, 0.25) is 0 Å². The van der Waals surface area contributed by atoms with Crippen molar-refractivity contribution in [3.63, 3.8) is 0 Å². The molecule has 0 bridgehead atoms. The number of rotatable bonds is 5. The van der Waals surface area contributed by atoms with Crippen molar-refractivity contribution >= 4 is 17.2 Å². The molecule has 2 aliphatic rings. The Labute approximate surface area is 179 Å². The highest BCUT2D eigenvalue weighted by molar-refractivity contribution is 5.90. The molecule has 3 aromatic rings. The molecule has 2 fully saturated rings. The summed E-state index contributed by atoms with van der Waals surface area (Å²) in [4.78, 5) is 27.5. The van der Waals surface area contributed by atoms with Crippen molar-refractivity contribution in [3.05, 3.63) is 69.7 Å². The van der Waals surface area contributed by atoms with Crippen LogP contribution in [0.3, 0.4) is 0 Å². The van der Waals surface area contributed by atoms with E-state index in [0.29, 0.717) is 18.3 Å². The number of hydrogen-bond acceptors (Lipinski definition) is 4. The van der Waals surface area contributed by atoms with Gasteiger partial charge >= 0.3 is 5.97 Å². The number of halogens is 1. The highest BCUT2D eigenvalue weighted by Crippen LogP contribution is 2.44. The number of fused-ring (bicyclic) bond motifs is 1. The van der Waals surface area contributed by atoms with Gasteiger partial charge in [-0.3, -0.25) is 9.20 Å². The smallest absolute Gasteiger partial charge is 0.343 e. The minimum Gasteiger partial charge on any atom is -0.462 e. The molecule has 3 aromatic heterocycles. The topological polar surface area (TPSA) is 55.9 Å². The summed E-state index contributed by atoms with van der Waals surface area (Å²) in [5.74, 6) is -0.810. The van der Waals surface area contributed by atoms with E-state index < -0.39 is 17.3 Å². The Bertz CT molecular complexity index is 1210. The lowest BCUT2D eigenvalue weighted by Crippen LogP contribution is -2.28. The number of aromatic nitrogens is 2. The zero-order valence-electron chi connectivity index (χ0n) is 17.8. The number of ether oxygens (including phenoxy) is 1. The molecule has 6 nitrogen and oxygen atoms in total. The van der Waals surface area contributed by atoms with Gasteiger partial charge in [-0.2, -0.15) is 0 Å². The third kappa shape index (κ3) is 3.32. The van der Waals surface area contributed by atoms with E-state index in [1.165, 1.54) is 10.6 Å². The summed E-state index contributed by atoms with van der Waals surface area (Å²) in [6, 6.07) is 5.97. The van der Waals surface area contributed by atoms with Crippen LogP contribution >= 0.6 is 0 Å². The van der Waals surface area contributed by atoms with Gasteiger partial charge in [0.15, 0.2) is 5.82 Å². The predicted molar refractivity (Wildman–Crippen MR) is 117 cm³/mol. The third-order valence-electron chi connectivity index (χ3n) is 6.48. The summed E-state index contributed by atoms with van der Waals surface area (Å²) in [5, 5.41) is 0. The molecule has 1 aliphatic carbocycles. The Morgan fingerprint density at radius 3 is 2.65 bits per heavy atom. The van der Waals surface area contributed by atoms with Gasteiger partial charge in [0.2, 0.25) is 0 Å². The minimum absolute atomic E-state index is 0.0263. The molecular weight excluding hydrogens is 397 g/mol. The molecule has 1 atom stereocenters. The molecule has 1 saturated heterocycles. The van der Waals surface area contributed by atoms with E-state index in [-0.39, 0.29) is 18.1 Å². The highest BCUT2D eigenvalue weighted by Gasteiger charge is 2.32.